The zero-order chi connectivity index (χ0) is 15.6. The molecule has 3 N–H and O–H groups in total. The first-order chi connectivity index (χ1) is 9.81. The third kappa shape index (κ3) is 3.25. The highest BCUT2D eigenvalue weighted by atomic mass is 16.5. The fourth-order valence-corrected chi connectivity index (χ4v) is 2.24. The van der Waals surface area contributed by atoms with E-state index in [1.165, 1.54) is 12.1 Å². The molecule has 1 aliphatic rings. The van der Waals surface area contributed by atoms with Crippen LogP contribution in [0.1, 0.15) is 24.2 Å². The number of hydrogen-bond donors (Lipinski definition) is 3. The van der Waals surface area contributed by atoms with E-state index in [0.29, 0.717) is 19.8 Å². The molecule has 1 aromatic carbocycles. The van der Waals surface area contributed by atoms with Crippen LogP contribution in [0.15, 0.2) is 18.2 Å². The number of ether oxygens (including phenoxy) is 1. The Hall–Kier alpha value is -2.28. The molecular formula is C14H18N2O5. The van der Waals surface area contributed by atoms with Crippen LogP contribution in [0.3, 0.4) is 0 Å². The average molecular weight is 294 g/mol. The molecule has 1 aliphatic heterocycles. The number of nitrogens with zero attached hydrogens (tertiary/aromatic N) is 1. The number of benzene rings is 1. The van der Waals surface area contributed by atoms with Crippen molar-refractivity contribution in [2.45, 2.75) is 19.4 Å². The summed E-state index contributed by atoms with van der Waals surface area (Å²) < 4.78 is 5.34. The molecule has 1 fully saturated rings. The zero-order valence-corrected chi connectivity index (χ0v) is 11.9. The Morgan fingerprint density at radius 3 is 2.71 bits per heavy atom. The van der Waals surface area contributed by atoms with Gasteiger partial charge < -0.3 is 25.2 Å². The van der Waals surface area contributed by atoms with Gasteiger partial charge in [0.2, 0.25) is 0 Å². The summed E-state index contributed by atoms with van der Waals surface area (Å²) in [5.74, 6) is -1.39. The van der Waals surface area contributed by atoms with Crippen molar-refractivity contribution in [2.75, 3.05) is 25.1 Å². The number of aromatic hydroxyl groups is 1. The summed E-state index contributed by atoms with van der Waals surface area (Å²) >= 11 is 0. The van der Waals surface area contributed by atoms with Crippen molar-refractivity contribution >= 4 is 17.7 Å². The quantitative estimate of drug-likeness (QED) is 0.721. The second kappa shape index (κ2) is 5.61. The van der Waals surface area contributed by atoms with Crippen LogP contribution in [0, 0.1) is 0 Å². The number of carboxylic acids is 1. The van der Waals surface area contributed by atoms with E-state index in [9.17, 15) is 14.7 Å². The molecule has 0 saturated carbocycles. The molecule has 0 atom stereocenters. The largest absolute Gasteiger partial charge is 0.508 e. The van der Waals surface area contributed by atoms with E-state index in [1.807, 2.05) is 13.8 Å². The van der Waals surface area contributed by atoms with Crippen molar-refractivity contribution < 1.29 is 24.5 Å². The summed E-state index contributed by atoms with van der Waals surface area (Å²) in [6, 6.07) is 3.40. The van der Waals surface area contributed by atoms with Gasteiger partial charge in [-0.05, 0) is 32.0 Å². The Balaban J connectivity index is 2.22. The molecule has 7 nitrogen and oxygen atoms in total. The average Bonchev–Trinajstić information content (AvgIpc) is 2.39. The second-order valence-electron chi connectivity index (χ2n) is 5.48. The van der Waals surface area contributed by atoms with Crippen molar-refractivity contribution in [3.8, 4) is 5.75 Å². The minimum Gasteiger partial charge on any atom is -0.508 e. The second-order valence-corrected chi connectivity index (χ2v) is 5.48. The summed E-state index contributed by atoms with van der Waals surface area (Å²) in [5.41, 5.74) is -0.482. The Morgan fingerprint density at radius 1 is 1.38 bits per heavy atom. The van der Waals surface area contributed by atoms with E-state index in [1.54, 1.807) is 4.90 Å². The van der Waals surface area contributed by atoms with Gasteiger partial charge in [-0.25, -0.2) is 9.59 Å². The predicted octanol–water partition coefficient (Wildman–Crippen LogP) is 1.73. The number of anilines is 1. The summed E-state index contributed by atoms with van der Waals surface area (Å²) in [4.78, 5) is 25.1. The number of urea groups is 1. The Bertz CT molecular complexity index is 570. The van der Waals surface area contributed by atoms with E-state index in [-0.39, 0.29) is 17.0 Å². The maximum atomic E-state index is 12.3. The highest BCUT2D eigenvalue weighted by molar-refractivity contribution is 6.00. The van der Waals surface area contributed by atoms with Gasteiger partial charge in [0.15, 0.2) is 0 Å². The molecule has 0 bridgehead atoms. The summed E-state index contributed by atoms with van der Waals surface area (Å²) in [5, 5.41) is 21.1. The Kier molecular flexibility index (Phi) is 4.04. The molecular weight excluding hydrogens is 276 g/mol. The Labute approximate surface area is 122 Å². The van der Waals surface area contributed by atoms with Crippen molar-refractivity contribution in [1.29, 1.82) is 0 Å². The van der Waals surface area contributed by atoms with E-state index in [4.69, 9.17) is 9.84 Å². The van der Waals surface area contributed by atoms with Gasteiger partial charge in [-0.15, -0.1) is 0 Å². The normalized spacial score (nSPS) is 17.3. The Morgan fingerprint density at radius 2 is 2.10 bits per heavy atom. The highest BCUT2D eigenvalue weighted by Gasteiger charge is 2.34. The number of carboxylic acid groups (broad SMARTS) is 1. The van der Waals surface area contributed by atoms with Crippen LogP contribution in [0.5, 0.6) is 5.75 Å². The highest BCUT2D eigenvalue weighted by Crippen LogP contribution is 2.24. The van der Waals surface area contributed by atoms with Crippen LogP contribution >= 0.6 is 0 Å². The summed E-state index contributed by atoms with van der Waals surface area (Å²) in [6.45, 7) is 5.04. The van der Waals surface area contributed by atoms with Crippen LogP contribution in [0.2, 0.25) is 0 Å². The first-order valence-electron chi connectivity index (χ1n) is 6.54. The molecule has 114 valence electrons. The monoisotopic (exact) mass is 294 g/mol. The van der Waals surface area contributed by atoms with Crippen molar-refractivity contribution in [1.82, 2.24) is 4.90 Å². The lowest BCUT2D eigenvalue weighted by molar-refractivity contribution is -0.0249. The molecule has 1 heterocycles. The number of rotatable bonds is 2. The number of morpholine rings is 1. The van der Waals surface area contributed by atoms with E-state index in [2.05, 4.69) is 5.32 Å². The van der Waals surface area contributed by atoms with Crippen LogP contribution in [-0.2, 0) is 4.74 Å². The van der Waals surface area contributed by atoms with Gasteiger partial charge in [0.25, 0.3) is 0 Å². The standard InChI is InChI=1S/C14H18N2O5/c1-14(2)8-21-6-5-16(14)13(20)15-11-4-3-9(17)7-10(11)12(18)19/h3-4,7,17H,5-6,8H2,1-2H3,(H,15,20)(H,18,19). The number of amides is 2. The first-order valence-corrected chi connectivity index (χ1v) is 6.54. The lowest BCUT2D eigenvalue weighted by Gasteiger charge is -2.41. The van der Waals surface area contributed by atoms with E-state index < -0.39 is 17.5 Å². The lowest BCUT2D eigenvalue weighted by Crippen LogP contribution is -2.56. The number of carbonyl (C=O) groups is 2. The third-order valence-electron chi connectivity index (χ3n) is 3.37. The molecule has 2 rings (SSSR count). The minimum absolute atomic E-state index is 0.146. The minimum atomic E-state index is -1.22. The molecule has 0 spiro atoms. The topological polar surface area (TPSA) is 99.1 Å². The maximum Gasteiger partial charge on any atom is 0.337 e. The molecule has 7 heteroatoms. The molecule has 0 aliphatic carbocycles. The van der Waals surface area contributed by atoms with Gasteiger partial charge in [0.05, 0.1) is 30.0 Å². The van der Waals surface area contributed by atoms with Gasteiger partial charge in [-0.2, -0.15) is 0 Å². The number of nitrogens with one attached hydrogen (secondary N) is 1. The maximum absolute atomic E-state index is 12.3. The molecule has 1 saturated heterocycles. The fraction of sp³-hybridized carbons (Fsp3) is 0.429. The van der Waals surface area contributed by atoms with Crippen LogP contribution in [0.4, 0.5) is 10.5 Å². The number of carbonyl (C=O) groups excluding carboxylic acids is 1. The predicted molar refractivity (Wildman–Crippen MR) is 75.7 cm³/mol. The fourth-order valence-electron chi connectivity index (χ4n) is 2.24. The molecule has 0 radical (unpaired) electrons. The first kappa shape index (κ1) is 15.1. The zero-order valence-electron chi connectivity index (χ0n) is 11.9. The molecule has 2 amide bonds. The number of hydrogen-bond acceptors (Lipinski definition) is 4. The molecule has 1 aromatic rings. The van der Waals surface area contributed by atoms with Gasteiger partial charge in [-0.1, -0.05) is 0 Å². The van der Waals surface area contributed by atoms with Crippen LogP contribution < -0.4 is 5.32 Å². The SMILES string of the molecule is CC1(C)COCCN1C(=O)Nc1ccc(O)cc1C(=O)O. The molecule has 0 aromatic heterocycles. The van der Waals surface area contributed by atoms with Crippen LogP contribution in [-0.4, -0.2) is 52.4 Å². The van der Waals surface area contributed by atoms with Gasteiger partial charge in [-0.3, -0.25) is 0 Å². The van der Waals surface area contributed by atoms with Gasteiger partial charge in [0, 0.05) is 6.54 Å². The molecule has 21 heavy (non-hydrogen) atoms. The summed E-state index contributed by atoms with van der Waals surface area (Å²) in [6.07, 6.45) is 0. The van der Waals surface area contributed by atoms with Crippen molar-refractivity contribution in [3.63, 3.8) is 0 Å². The summed E-state index contributed by atoms with van der Waals surface area (Å²) in [7, 11) is 0. The number of aromatic carboxylic acids is 1. The van der Waals surface area contributed by atoms with E-state index in [0.717, 1.165) is 6.07 Å². The number of phenols is 1. The lowest BCUT2D eigenvalue weighted by atomic mass is 10.0. The van der Waals surface area contributed by atoms with Gasteiger partial charge in [0.1, 0.15) is 5.75 Å². The van der Waals surface area contributed by atoms with Crippen molar-refractivity contribution in [2.24, 2.45) is 0 Å². The van der Waals surface area contributed by atoms with Gasteiger partial charge >= 0.3 is 12.0 Å². The van der Waals surface area contributed by atoms with E-state index >= 15 is 0 Å². The molecule has 0 unspecified atom stereocenters. The third-order valence-corrected chi connectivity index (χ3v) is 3.37. The van der Waals surface area contributed by atoms with Crippen molar-refractivity contribution in [3.05, 3.63) is 23.8 Å². The number of phenolic OH excluding ortho intramolecular Hbond substituents is 1. The smallest absolute Gasteiger partial charge is 0.337 e. The van der Waals surface area contributed by atoms with Crippen LogP contribution in [0.25, 0.3) is 0 Å².